The van der Waals surface area contributed by atoms with E-state index in [1.165, 1.54) is 11.1 Å². The molecule has 0 atom stereocenters. The fourth-order valence-electron chi connectivity index (χ4n) is 4.04. The zero-order valence-corrected chi connectivity index (χ0v) is 15.6. The molecule has 0 unspecified atom stereocenters. The Labute approximate surface area is 161 Å². The lowest BCUT2D eigenvalue weighted by molar-refractivity contribution is -0.171. The maximum absolute atomic E-state index is 6.10. The highest BCUT2D eigenvalue weighted by Gasteiger charge is 2.38. The zero-order valence-electron chi connectivity index (χ0n) is 15.6. The van der Waals surface area contributed by atoms with Crippen molar-refractivity contribution in [2.75, 3.05) is 13.2 Å². The molecule has 0 N–H and O–H groups in total. The molecule has 138 valence electrons. The predicted molar refractivity (Wildman–Crippen MR) is 109 cm³/mol. The molecule has 0 spiro atoms. The lowest BCUT2D eigenvalue weighted by Crippen LogP contribution is -2.27. The normalized spacial score (nSPS) is 15.9. The van der Waals surface area contributed by atoms with Crippen LogP contribution in [0.1, 0.15) is 41.9 Å². The Balaban J connectivity index is 1.51. The molecule has 0 radical (unpaired) electrons. The van der Waals surface area contributed by atoms with Crippen LogP contribution in [0, 0.1) is 0 Å². The molecule has 2 nitrogen and oxygen atoms in total. The van der Waals surface area contributed by atoms with Crippen LogP contribution in [0.15, 0.2) is 91.0 Å². The standard InChI is InChI=1S/C25H26O2/c1-4-11-21(12-5-1)24(22-13-6-2-7-14-22)17-10-18-25(26-19-20-27-25)23-15-8-3-9-16-23/h1-9,11-16,24H,10,17-20H2. The van der Waals surface area contributed by atoms with E-state index in [4.69, 9.17) is 9.47 Å². The Hall–Kier alpha value is -2.42. The van der Waals surface area contributed by atoms with Gasteiger partial charge in [0.25, 0.3) is 0 Å². The molecule has 0 aromatic heterocycles. The first kappa shape index (κ1) is 18.0. The van der Waals surface area contributed by atoms with Crippen molar-refractivity contribution in [3.05, 3.63) is 108 Å². The van der Waals surface area contributed by atoms with Crippen LogP contribution < -0.4 is 0 Å². The third-order valence-electron chi connectivity index (χ3n) is 5.37. The topological polar surface area (TPSA) is 18.5 Å². The van der Waals surface area contributed by atoms with Crippen LogP contribution in [0.4, 0.5) is 0 Å². The van der Waals surface area contributed by atoms with Crippen molar-refractivity contribution in [1.29, 1.82) is 0 Å². The van der Waals surface area contributed by atoms with E-state index in [2.05, 4.69) is 84.9 Å². The summed E-state index contributed by atoms with van der Waals surface area (Å²) in [4.78, 5) is 0. The highest BCUT2D eigenvalue weighted by atomic mass is 16.7. The van der Waals surface area contributed by atoms with Gasteiger partial charge in [0.2, 0.25) is 0 Å². The number of ether oxygens (including phenoxy) is 2. The zero-order chi connectivity index (χ0) is 18.4. The number of hydrogen-bond donors (Lipinski definition) is 0. The Morgan fingerprint density at radius 3 is 1.67 bits per heavy atom. The molecular weight excluding hydrogens is 332 g/mol. The van der Waals surface area contributed by atoms with E-state index in [-0.39, 0.29) is 0 Å². The molecule has 0 saturated carbocycles. The van der Waals surface area contributed by atoms with E-state index in [0.29, 0.717) is 19.1 Å². The minimum absolute atomic E-state index is 0.390. The van der Waals surface area contributed by atoms with Gasteiger partial charge in [-0.25, -0.2) is 0 Å². The molecule has 3 aromatic rings. The molecule has 1 aliphatic heterocycles. The Bertz CT molecular complexity index is 769. The van der Waals surface area contributed by atoms with Gasteiger partial charge in [-0.2, -0.15) is 0 Å². The number of benzene rings is 3. The summed E-state index contributed by atoms with van der Waals surface area (Å²) in [5.74, 6) is -0.194. The van der Waals surface area contributed by atoms with Gasteiger partial charge >= 0.3 is 0 Å². The molecule has 1 saturated heterocycles. The van der Waals surface area contributed by atoms with E-state index in [1.807, 2.05) is 6.07 Å². The first-order valence-electron chi connectivity index (χ1n) is 9.81. The second-order valence-electron chi connectivity index (χ2n) is 7.08. The summed E-state index contributed by atoms with van der Waals surface area (Å²) >= 11 is 0. The van der Waals surface area contributed by atoms with Crippen LogP contribution >= 0.6 is 0 Å². The van der Waals surface area contributed by atoms with Gasteiger partial charge in [0, 0.05) is 17.9 Å². The molecule has 27 heavy (non-hydrogen) atoms. The third-order valence-corrected chi connectivity index (χ3v) is 5.37. The minimum Gasteiger partial charge on any atom is -0.343 e. The number of hydrogen-bond acceptors (Lipinski definition) is 2. The maximum atomic E-state index is 6.10. The Morgan fingerprint density at radius 2 is 1.15 bits per heavy atom. The van der Waals surface area contributed by atoms with Gasteiger partial charge in [-0.15, -0.1) is 0 Å². The van der Waals surface area contributed by atoms with Gasteiger partial charge in [-0.1, -0.05) is 91.0 Å². The first-order chi connectivity index (χ1) is 13.4. The summed E-state index contributed by atoms with van der Waals surface area (Å²) in [6.45, 7) is 1.32. The van der Waals surface area contributed by atoms with Crippen molar-refractivity contribution in [2.45, 2.75) is 31.0 Å². The highest BCUT2D eigenvalue weighted by molar-refractivity contribution is 5.32. The van der Waals surface area contributed by atoms with E-state index < -0.39 is 5.79 Å². The van der Waals surface area contributed by atoms with Crippen molar-refractivity contribution >= 4 is 0 Å². The molecule has 3 aromatic carbocycles. The van der Waals surface area contributed by atoms with Crippen molar-refractivity contribution in [2.24, 2.45) is 0 Å². The van der Waals surface area contributed by atoms with Gasteiger partial charge < -0.3 is 9.47 Å². The van der Waals surface area contributed by atoms with E-state index in [9.17, 15) is 0 Å². The van der Waals surface area contributed by atoms with Crippen molar-refractivity contribution in [1.82, 2.24) is 0 Å². The molecule has 4 rings (SSSR count). The maximum Gasteiger partial charge on any atom is 0.194 e. The van der Waals surface area contributed by atoms with Crippen LogP contribution in [0.3, 0.4) is 0 Å². The fraction of sp³-hybridized carbons (Fsp3) is 0.280. The molecule has 1 heterocycles. The Kier molecular flexibility index (Phi) is 5.66. The van der Waals surface area contributed by atoms with Gasteiger partial charge in [0.1, 0.15) is 0 Å². The molecule has 0 amide bonds. The van der Waals surface area contributed by atoms with Gasteiger partial charge in [-0.05, 0) is 24.0 Å². The first-order valence-corrected chi connectivity index (χ1v) is 9.81. The van der Waals surface area contributed by atoms with Crippen LogP contribution in [0.5, 0.6) is 0 Å². The summed E-state index contributed by atoms with van der Waals surface area (Å²) < 4.78 is 12.2. The second-order valence-corrected chi connectivity index (χ2v) is 7.08. The summed E-state index contributed by atoms with van der Waals surface area (Å²) in [5, 5.41) is 0. The third kappa shape index (κ3) is 4.13. The average Bonchev–Trinajstić information content (AvgIpc) is 3.23. The molecular formula is C25H26O2. The van der Waals surface area contributed by atoms with Crippen LogP contribution in [-0.2, 0) is 15.3 Å². The van der Waals surface area contributed by atoms with Crippen molar-refractivity contribution < 1.29 is 9.47 Å². The van der Waals surface area contributed by atoms with Gasteiger partial charge in [0.05, 0.1) is 13.2 Å². The summed E-state index contributed by atoms with van der Waals surface area (Å²) in [6.07, 6.45) is 2.96. The second kappa shape index (κ2) is 8.51. The molecule has 1 aliphatic rings. The van der Waals surface area contributed by atoms with E-state index >= 15 is 0 Å². The van der Waals surface area contributed by atoms with Gasteiger partial charge in [0.15, 0.2) is 5.79 Å². The monoisotopic (exact) mass is 358 g/mol. The lowest BCUT2D eigenvalue weighted by Gasteiger charge is -2.29. The van der Waals surface area contributed by atoms with Gasteiger partial charge in [-0.3, -0.25) is 0 Å². The molecule has 1 fully saturated rings. The van der Waals surface area contributed by atoms with Crippen LogP contribution in [0.2, 0.25) is 0 Å². The van der Waals surface area contributed by atoms with Crippen molar-refractivity contribution in [3.63, 3.8) is 0 Å². The molecule has 0 aliphatic carbocycles. The fourth-order valence-corrected chi connectivity index (χ4v) is 4.04. The van der Waals surface area contributed by atoms with Crippen LogP contribution in [0.25, 0.3) is 0 Å². The molecule has 2 heteroatoms. The van der Waals surface area contributed by atoms with E-state index in [0.717, 1.165) is 24.8 Å². The van der Waals surface area contributed by atoms with E-state index in [1.54, 1.807) is 0 Å². The largest absolute Gasteiger partial charge is 0.343 e. The lowest BCUT2D eigenvalue weighted by atomic mass is 9.86. The smallest absolute Gasteiger partial charge is 0.194 e. The van der Waals surface area contributed by atoms with Crippen molar-refractivity contribution in [3.8, 4) is 0 Å². The minimum atomic E-state index is -0.584. The number of rotatable bonds is 7. The summed E-state index contributed by atoms with van der Waals surface area (Å²) in [7, 11) is 0. The average molecular weight is 358 g/mol. The SMILES string of the molecule is c1ccc(C(CCCC2(c3ccccc3)OCCO2)c2ccccc2)cc1. The molecule has 0 bridgehead atoms. The Morgan fingerprint density at radius 1 is 0.667 bits per heavy atom. The quantitative estimate of drug-likeness (QED) is 0.524. The van der Waals surface area contributed by atoms with Crippen LogP contribution in [-0.4, -0.2) is 13.2 Å². The summed E-state index contributed by atoms with van der Waals surface area (Å²) in [6, 6.07) is 31.9. The highest BCUT2D eigenvalue weighted by Crippen LogP contribution is 2.38. The predicted octanol–water partition coefficient (Wildman–Crippen LogP) is 5.89. The summed E-state index contributed by atoms with van der Waals surface area (Å²) in [5.41, 5.74) is 3.86.